The number of nitrogens with two attached hydrogens (primary N) is 1. The molecule has 0 spiro atoms. The Bertz CT molecular complexity index is 493. The highest BCUT2D eigenvalue weighted by Gasteiger charge is 2.30. The monoisotopic (exact) mass is 338 g/mol. The van der Waals surface area contributed by atoms with E-state index in [0.717, 1.165) is 22.2 Å². The lowest BCUT2D eigenvalue weighted by Crippen LogP contribution is -2.45. The average molecular weight is 339 g/mol. The van der Waals surface area contributed by atoms with Gasteiger partial charge in [-0.15, -0.1) is 11.3 Å². The van der Waals surface area contributed by atoms with E-state index in [9.17, 15) is 8.42 Å². The van der Waals surface area contributed by atoms with E-state index < -0.39 is 10.0 Å². The van der Waals surface area contributed by atoms with Gasteiger partial charge in [0.15, 0.2) is 0 Å². The van der Waals surface area contributed by atoms with Crippen LogP contribution in [0.25, 0.3) is 0 Å². The van der Waals surface area contributed by atoms with Gasteiger partial charge in [-0.25, -0.2) is 8.42 Å². The van der Waals surface area contributed by atoms with Crippen molar-refractivity contribution in [1.29, 1.82) is 0 Å². The third-order valence-electron chi connectivity index (χ3n) is 2.85. The van der Waals surface area contributed by atoms with E-state index in [1.807, 2.05) is 6.92 Å². The number of aryl methyl sites for hydroxylation is 1. The van der Waals surface area contributed by atoms with Crippen molar-refractivity contribution in [2.75, 3.05) is 13.1 Å². The maximum Gasteiger partial charge on any atom is 0.252 e. The first-order valence-corrected chi connectivity index (χ1v) is 8.48. The van der Waals surface area contributed by atoms with Crippen LogP contribution in [0.2, 0.25) is 0 Å². The van der Waals surface area contributed by atoms with E-state index in [2.05, 4.69) is 15.9 Å². The number of piperidine rings is 1. The number of thiophene rings is 1. The van der Waals surface area contributed by atoms with E-state index in [-0.39, 0.29) is 6.04 Å². The molecule has 0 amide bonds. The van der Waals surface area contributed by atoms with Gasteiger partial charge in [-0.2, -0.15) is 4.31 Å². The number of nitrogens with zero attached hydrogens (tertiary/aromatic N) is 1. The van der Waals surface area contributed by atoms with Gasteiger partial charge in [0, 0.05) is 19.1 Å². The molecular formula is C10H15BrN2O2S2. The van der Waals surface area contributed by atoms with Gasteiger partial charge in [0.2, 0.25) is 0 Å². The molecule has 0 aromatic carbocycles. The molecule has 2 N–H and O–H groups in total. The van der Waals surface area contributed by atoms with Crippen LogP contribution >= 0.6 is 27.3 Å². The Balaban J connectivity index is 2.29. The van der Waals surface area contributed by atoms with Gasteiger partial charge >= 0.3 is 0 Å². The number of hydrogen-bond acceptors (Lipinski definition) is 4. The van der Waals surface area contributed by atoms with Crippen molar-refractivity contribution in [2.24, 2.45) is 5.73 Å². The van der Waals surface area contributed by atoms with Crippen molar-refractivity contribution >= 4 is 37.3 Å². The molecule has 1 aliphatic rings. The van der Waals surface area contributed by atoms with Gasteiger partial charge in [0.25, 0.3) is 10.0 Å². The van der Waals surface area contributed by atoms with E-state index in [0.29, 0.717) is 17.3 Å². The van der Waals surface area contributed by atoms with Crippen LogP contribution in [0, 0.1) is 6.92 Å². The Hall–Kier alpha value is 0.0500. The maximum absolute atomic E-state index is 12.4. The minimum absolute atomic E-state index is 0.0389. The summed E-state index contributed by atoms with van der Waals surface area (Å²) in [4.78, 5) is 0. The fourth-order valence-electron chi connectivity index (χ4n) is 1.88. The first-order chi connectivity index (χ1) is 7.91. The fourth-order valence-corrected chi connectivity index (χ4v) is 5.79. The Kier molecular flexibility index (Phi) is 3.94. The maximum atomic E-state index is 12.4. The minimum atomic E-state index is -3.35. The summed E-state index contributed by atoms with van der Waals surface area (Å²) in [5, 5.41) is 0. The van der Waals surface area contributed by atoms with E-state index in [1.165, 1.54) is 15.6 Å². The lowest BCUT2D eigenvalue weighted by atomic mass is 10.1. The zero-order valence-electron chi connectivity index (χ0n) is 9.52. The first kappa shape index (κ1) is 13.5. The summed E-state index contributed by atoms with van der Waals surface area (Å²) in [6.45, 7) is 2.89. The Morgan fingerprint density at radius 1 is 1.59 bits per heavy atom. The molecule has 1 saturated heterocycles. The topological polar surface area (TPSA) is 63.4 Å². The highest BCUT2D eigenvalue weighted by molar-refractivity contribution is 9.11. The van der Waals surface area contributed by atoms with Crippen LogP contribution in [0.15, 0.2) is 14.1 Å². The number of rotatable bonds is 2. The summed E-state index contributed by atoms with van der Waals surface area (Å²) >= 11 is 4.62. The number of halogens is 1. The van der Waals surface area contributed by atoms with Crippen molar-refractivity contribution in [1.82, 2.24) is 4.31 Å². The van der Waals surface area contributed by atoms with Crippen LogP contribution in [-0.2, 0) is 10.0 Å². The zero-order valence-corrected chi connectivity index (χ0v) is 12.7. The average Bonchev–Trinajstić information content (AvgIpc) is 2.60. The van der Waals surface area contributed by atoms with E-state index in [1.54, 1.807) is 6.07 Å². The second kappa shape index (κ2) is 4.97. The number of sulfonamides is 1. The zero-order chi connectivity index (χ0) is 12.6. The SMILES string of the molecule is Cc1cc(S(=O)(=O)N2CCC[C@H](N)C2)sc1Br. The summed E-state index contributed by atoms with van der Waals surface area (Å²) in [6.07, 6.45) is 1.74. The molecule has 0 radical (unpaired) electrons. The van der Waals surface area contributed by atoms with Crippen LogP contribution < -0.4 is 5.73 Å². The molecule has 0 bridgehead atoms. The summed E-state index contributed by atoms with van der Waals surface area (Å²) in [5.74, 6) is 0. The summed E-state index contributed by atoms with van der Waals surface area (Å²) < 4.78 is 27.5. The van der Waals surface area contributed by atoms with E-state index >= 15 is 0 Å². The van der Waals surface area contributed by atoms with Gasteiger partial charge in [-0.1, -0.05) is 0 Å². The minimum Gasteiger partial charge on any atom is -0.327 e. The van der Waals surface area contributed by atoms with Gasteiger partial charge in [-0.3, -0.25) is 0 Å². The molecule has 2 heterocycles. The molecule has 17 heavy (non-hydrogen) atoms. The molecule has 96 valence electrons. The molecule has 2 rings (SSSR count). The van der Waals surface area contributed by atoms with E-state index in [4.69, 9.17) is 5.73 Å². The lowest BCUT2D eigenvalue weighted by Gasteiger charge is -2.29. The molecule has 1 fully saturated rings. The molecule has 1 aliphatic heterocycles. The molecule has 0 saturated carbocycles. The highest BCUT2D eigenvalue weighted by atomic mass is 79.9. The van der Waals surface area contributed by atoms with Gasteiger partial charge in [0.1, 0.15) is 4.21 Å². The predicted molar refractivity (Wildman–Crippen MR) is 72.7 cm³/mol. The van der Waals surface area contributed by atoms with Crippen molar-refractivity contribution in [2.45, 2.75) is 30.0 Å². The van der Waals surface area contributed by atoms with Gasteiger partial charge in [-0.05, 0) is 47.3 Å². The normalized spacial score (nSPS) is 22.9. The molecular weight excluding hydrogens is 324 g/mol. The van der Waals surface area contributed by atoms with Gasteiger partial charge in [0.05, 0.1) is 3.79 Å². The largest absolute Gasteiger partial charge is 0.327 e. The summed E-state index contributed by atoms with van der Waals surface area (Å²) in [7, 11) is -3.35. The standard InChI is InChI=1S/C10H15BrN2O2S2/c1-7-5-9(16-10(7)11)17(14,15)13-4-2-3-8(12)6-13/h5,8H,2-4,6,12H2,1H3/t8-/m0/s1. The van der Waals surface area contributed by atoms with Crippen LogP contribution in [0.5, 0.6) is 0 Å². The van der Waals surface area contributed by atoms with Crippen LogP contribution in [0.1, 0.15) is 18.4 Å². The molecule has 1 aromatic heterocycles. The molecule has 1 atom stereocenters. The van der Waals surface area contributed by atoms with Crippen LogP contribution in [-0.4, -0.2) is 31.9 Å². The van der Waals surface area contributed by atoms with Crippen molar-refractivity contribution in [3.05, 3.63) is 15.4 Å². The number of hydrogen-bond donors (Lipinski definition) is 1. The van der Waals surface area contributed by atoms with Crippen LogP contribution in [0.3, 0.4) is 0 Å². The van der Waals surface area contributed by atoms with Gasteiger partial charge < -0.3 is 5.73 Å². The van der Waals surface area contributed by atoms with Crippen molar-refractivity contribution in [3.8, 4) is 0 Å². The molecule has 7 heteroatoms. The first-order valence-electron chi connectivity index (χ1n) is 5.43. The predicted octanol–water partition coefficient (Wildman–Crippen LogP) is 1.93. The molecule has 1 aromatic rings. The second-order valence-electron chi connectivity index (χ2n) is 4.29. The fraction of sp³-hybridized carbons (Fsp3) is 0.600. The Morgan fingerprint density at radius 2 is 2.29 bits per heavy atom. The quantitative estimate of drug-likeness (QED) is 0.896. The van der Waals surface area contributed by atoms with Crippen molar-refractivity contribution < 1.29 is 8.42 Å². The molecule has 4 nitrogen and oxygen atoms in total. The smallest absolute Gasteiger partial charge is 0.252 e. The highest BCUT2D eigenvalue weighted by Crippen LogP contribution is 2.33. The Morgan fingerprint density at radius 3 is 2.82 bits per heavy atom. The molecule has 0 aliphatic carbocycles. The summed E-state index contributed by atoms with van der Waals surface area (Å²) in [6, 6.07) is 1.67. The second-order valence-corrected chi connectivity index (χ2v) is 8.82. The van der Waals surface area contributed by atoms with Crippen LogP contribution in [0.4, 0.5) is 0 Å². The lowest BCUT2D eigenvalue weighted by molar-refractivity contribution is 0.316. The molecule has 0 unspecified atom stereocenters. The third-order valence-corrected chi connectivity index (χ3v) is 7.30. The summed E-state index contributed by atoms with van der Waals surface area (Å²) in [5.41, 5.74) is 6.78. The third kappa shape index (κ3) is 2.73. The van der Waals surface area contributed by atoms with Crippen molar-refractivity contribution in [3.63, 3.8) is 0 Å². The Labute approximate surface area is 114 Å².